The van der Waals surface area contributed by atoms with Crippen LogP contribution in [0.25, 0.3) is 0 Å². The van der Waals surface area contributed by atoms with E-state index in [-0.39, 0.29) is 0 Å². The molecule has 1 rings (SSSR count). The van der Waals surface area contributed by atoms with Crippen molar-refractivity contribution in [1.29, 1.82) is 0 Å². The SMILES string of the molecule is CC.COC1=C(N=O)C=C(C)CC1. The molecule has 0 aromatic rings. The molecule has 0 aromatic carbocycles. The predicted octanol–water partition coefficient (Wildman–Crippen LogP) is 3.38. The van der Waals surface area contributed by atoms with Gasteiger partial charge in [0.1, 0.15) is 11.5 Å². The average Bonchev–Trinajstić information content (AvgIpc) is 2.20. The molecule has 3 heteroatoms. The number of allylic oxidation sites excluding steroid dienone is 3. The molecule has 0 amide bonds. The fourth-order valence-corrected chi connectivity index (χ4v) is 1.11. The lowest BCUT2D eigenvalue weighted by Gasteiger charge is -2.12. The monoisotopic (exact) mass is 183 g/mol. The van der Waals surface area contributed by atoms with Gasteiger partial charge in [0.25, 0.3) is 0 Å². The Bertz CT molecular complexity index is 229. The molecule has 0 saturated heterocycles. The van der Waals surface area contributed by atoms with Crippen LogP contribution in [0, 0.1) is 4.91 Å². The summed E-state index contributed by atoms with van der Waals surface area (Å²) in [5.74, 6) is 0.700. The molecule has 0 fully saturated rings. The normalized spacial score (nSPS) is 15.5. The van der Waals surface area contributed by atoms with Crippen molar-refractivity contribution in [2.75, 3.05) is 7.11 Å². The van der Waals surface area contributed by atoms with Crippen LogP contribution < -0.4 is 0 Å². The molecule has 1 aliphatic rings. The first kappa shape index (κ1) is 11.9. The molecule has 0 N–H and O–H groups in total. The third-order valence-electron chi connectivity index (χ3n) is 1.76. The summed E-state index contributed by atoms with van der Waals surface area (Å²) in [7, 11) is 1.56. The Morgan fingerprint density at radius 1 is 1.38 bits per heavy atom. The number of nitroso groups, excluding NO2 is 1. The second-order valence-corrected chi connectivity index (χ2v) is 2.59. The summed E-state index contributed by atoms with van der Waals surface area (Å²) >= 11 is 0. The van der Waals surface area contributed by atoms with E-state index in [0.29, 0.717) is 11.5 Å². The Balaban J connectivity index is 0.000000671. The number of hydrogen-bond acceptors (Lipinski definition) is 3. The molecule has 74 valence electrons. The largest absolute Gasteiger partial charge is 0.499 e. The topological polar surface area (TPSA) is 38.7 Å². The van der Waals surface area contributed by atoms with Gasteiger partial charge >= 0.3 is 0 Å². The standard InChI is InChI=1S/C8H11NO2.C2H6/c1-6-3-4-8(11-2)7(5-6)9-10;1-2/h5H,3-4H2,1-2H3;1-2H3. The van der Waals surface area contributed by atoms with Crippen LogP contribution in [0.3, 0.4) is 0 Å². The van der Waals surface area contributed by atoms with Gasteiger partial charge in [0, 0.05) is 6.42 Å². The van der Waals surface area contributed by atoms with E-state index < -0.39 is 0 Å². The third-order valence-corrected chi connectivity index (χ3v) is 1.76. The zero-order chi connectivity index (χ0) is 10.3. The molecule has 0 unspecified atom stereocenters. The van der Waals surface area contributed by atoms with E-state index >= 15 is 0 Å². The Morgan fingerprint density at radius 2 is 2.00 bits per heavy atom. The maximum absolute atomic E-state index is 10.2. The van der Waals surface area contributed by atoms with E-state index in [0.717, 1.165) is 12.8 Å². The van der Waals surface area contributed by atoms with E-state index in [2.05, 4.69) is 5.18 Å². The van der Waals surface area contributed by atoms with Crippen molar-refractivity contribution < 1.29 is 4.74 Å². The number of methoxy groups -OCH3 is 1. The summed E-state index contributed by atoms with van der Waals surface area (Å²) in [6.45, 7) is 5.98. The second kappa shape index (κ2) is 6.40. The van der Waals surface area contributed by atoms with Gasteiger partial charge in [-0.3, -0.25) is 0 Å². The summed E-state index contributed by atoms with van der Waals surface area (Å²) in [5, 5.41) is 2.88. The molecule has 1 aliphatic carbocycles. The van der Waals surface area contributed by atoms with Gasteiger partial charge in [-0.2, -0.15) is 0 Å². The summed E-state index contributed by atoms with van der Waals surface area (Å²) in [6.07, 6.45) is 3.53. The van der Waals surface area contributed by atoms with Crippen molar-refractivity contribution in [3.63, 3.8) is 0 Å². The van der Waals surface area contributed by atoms with E-state index in [9.17, 15) is 4.91 Å². The fraction of sp³-hybridized carbons (Fsp3) is 0.600. The van der Waals surface area contributed by atoms with Gasteiger partial charge in [-0.05, 0) is 24.6 Å². The maximum Gasteiger partial charge on any atom is 0.145 e. The lowest BCUT2D eigenvalue weighted by molar-refractivity contribution is 0.271. The molecule has 0 saturated carbocycles. The Labute approximate surface area is 79.5 Å². The van der Waals surface area contributed by atoms with Crippen molar-refractivity contribution in [3.8, 4) is 0 Å². The van der Waals surface area contributed by atoms with Crippen molar-refractivity contribution in [2.45, 2.75) is 33.6 Å². The van der Waals surface area contributed by atoms with Crippen LogP contribution in [0.15, 0.2) is 28.3 Å². The van der Waals surface area contributed by atoms with Crippen LogP contribution >= 0.6 is 0 Å². The van der Waals surface area contributed by atoms with Crippen LogP contribution in [0.4, 0.5) is 0 Å². The molecular formula is C10H17NO2. The van der Waals surface area contributed by atoms with Gasteiger partial charge < -0.3 is 4.74 Å². The predicted molar refractivity (Wildman–Crippen MR) is 54.2 cm³/mol. The molecule has 0 heterocycles. The lowest BCUT2D eigenvalue weighted by atomic mass is 10.0. The quantitative estimate of drug-likeness (QED) is 0.615. The highest BCUT2D eigenvalue weighted by Gasteiger charge is 2.11. The molecule has 0 bridgehead atoms. The molecular weight excluding hydrogens is 166 g/mol. The molecule has 0 aromatic heterocycles. The third kappa shape index (κ3) is 3.40. The smallest absolute Gasteiger partial charge is 0.145 e. The molecule has 3 nitrogen and oxygen atoms in total. The van der Waals surface area contributed by atoms with Crippen molar-refractivity contribution in [3.05, 3.63) is 28.0 Å². The highest BCUT2D eigenvalue weighted by atomic mass is 16.5. The van der Waals surface area contributed by atoms with Gasteiger partial charge in [-0.15, -0.1) is 4.91 Å². The zero-order valence-electron chi connectivity index (χ0n) is 8.76. The van der Waals surface area contributed by atoms with Gasteiger partial charge in [-0.1, -0.05) is 19.4 Å². The Kier molecular flexibility index (Phi) is 5.85. The minimum atomic E-state index is 0.441. The van der Waals surface area contributed by atoms with Crippen molar-refractivity contribution in [1.82, 2.24) is 0 Å². The molecule has 0 aliphatic heterocycles. The minimum absolute atomic E-state index is 0.441. The van der Waals surface area contributed by atoms with Crippen molar-refractivity contribution >= 4 is 0 Å². The van der Waals surface area contributed by atoms with E-state index in [4.69, 9.17) is 4.74 Å². The van der Waals surface area contributed by atoms with E-state index in [1.165, 1.54) is 5.57 Å². The first-order chi connectivity index (χ1) is 6.27. The van der Waals surface area contributed by atoms with Gasteiger partial charge in [0.2, 0.25) is 0 Å². The van der Waals surface area contributed by atoms with Gasteiger partial charge in [0.15, 0.2) is 0 Å². The number of nitrogens with zero attached hydrogens (tertiary/aromatic N) is 1. The Hall–Kier alpha value is -1.12. The second-order valence-electron chi connectivity index (χ2n) is 2.59. The van der Waals surface area contributed by atoms with Crippen LogP contribution in [-0.4, -0.2) is 7.11 Å². The van der Waals surface area contributed by atoms with Crippen LogP contribution in [0.5, 0.6) is 0 Å². The molecule has 0 spiro atoms. The minimum Gasteiger partial charge on any atom is -0.499 e. The van der Waals surface area contributed by atoms with Crippen molar-refractivity contribution in [2.24, 2.45) is 5.18 Å². The average molecular weight is 183 g/mol. The van der Waals surface area contributed by atoms with Gasteiger partial charge in [-0.25, -0.2) is 0 Å². The first-order valence-electron chi connectivity index (χ1n) is 4.55. The molecule has 13 heavy (non-hydrogen) atoms. The maximum atomic E-state index is 10.2. The van der Waals surface area contributed by atoms with Crippen LogP contribution in [0.1, 0.15) is 33.6 Å². The Morgan fingerprint density at radius 3 is 2.46 bits per heavy atom. The van der Waals surface area contributed by atoms with Gasteiger partial charge in [0.05, 0.1) is 7.11 Å². The summed E-state index contributed by atoms with van der Waals surface area (Å²) < 4.78 is 4.98. The summed E-state index contributed by atoms with van der Waals surface area (Å²) in [6, 6.07) is 0. The number of hydrogen-bond donors (Lipinski definition) is 0. The van der Waals surface area contributed by atoms with E-state index in [1.54, 1.807) is 13.2 Å². The number of ether oxygens (including phenoxy) is 1. The highest BCUT2D eigenvalue weighted by molar-refractivity contribution is 5.29. The fourth-order valence-electron chi connectivity index (χ4n) is 1.11. The highest BCUT2D eigenvalue weighted by Crippen LogP contribution is 2.24. The zero-order valence-corrected chi connectivity index (χ0v) is 8.76. The van der Waals surface area contributed by atoms with Crippen LogP contribution in [0.2, 0.25) is 0 Å². The molecule has 0 radical (unpaired) electrons. The number of rotatable bonds is 2. The summed E-state index contributed by atoms with van der Waals surface area (Å²) in [4.78, 5) is 10.2. The lowest BCUT2D eigenvalue weighted by Crippen LogP contribution is -1.97. The summed E-state index contributed by atoms with van der Waals surface area (Å²) in [5.41, 5.74) is 1.62. The molecule has 0 atom stereocenters. The first-order valence-corrected chi connectivity index (χ1v) is 4.55. The van der Waals surface area contributed by atoms with E-state index in [1.807, 2.05) is 20.8 Å². The van der Waals surface area contributed by atoms with Crippen LogP contribution in [-0.2, 0) is 4.74 Å².